The van der Waals surface area contributed by atoms with Crippen molar-refractivity contribution in [2.24, 2.45) is 0 Å². The van der Waals surface area contributed by atoms with Crippen molar-refractivity contribution in [3.05, 3.63) is 22.9 Å². The van der Waals surface area contributed by atoms with Crippen LogP contribution in [-0.4, -0.2) is 22.5 Å². The number of rotatable bonds is 3. The predicted molar refractivity (Wildman–Crippen MR) is 79.4 cm³/mol. The van der Waals surface area contributed by atoms with E-state index in [0.29, 0.717) is 11.4 Å². The molecule has 20 heavy (non-hydrogen) atoms. The van der Waals surface area contributed by atoms with Crippen LogP contribution in [0.25, 0.3) is 0 Å². The van der Waals surface area contributed by atoms with Gasteiger partial charge in [-0.3, -0.25) is 4.79 Å². The molecule has 1 heterocycles. The molecule has 1 aromatic rings. The molecule has 1 unspecified atom stereocenters. The molecule has 2 N–H and O–H groups in total. The smallest absolute Gasteiger partial charge is 0.242 e. The fourth-order valence-electron chi connectivity index (χ4n) is 1.83. The zero-order chi connectivity index (χ0) is 15.5. The molecule has 0 aliphatic rings. The van der Waals surface area contributed by atoms with Crippen LogP contribution in [0.2, 0.25) is 0 Å². The second kappa shape index (κ2) is 5.91. The van der Waals surface area contributed by atoms with Crippen LogP contribution in [0.15, 0.2) is 6.07 Å². The number of carbonyl (C=O) groups excluding carboxylic acids is 1. The van der Waals surface area contributed by atoms with Gasteiger partial charge < -0.3 is 10.6 Å². The van der Waals surface area contributed by atoms with E-state index in [1.807, 2.05) is 40.7 Å². The van der Waals surface area contributed by atoms with Gasteiger partial charge in [0.25, 0.3) is 0 Å². The molecule has 0 bridgehead atoms. The quantitative estimate of drug-likeness (QED) is 0.886. The minimum Gasteiger partial charge on any atom is -0.358 e. The normalized spacial score (nSPS) is 12.4. The molecule has 0 aliphatic heterocycles. The number of anilines is 1. The van der Waals surface area contributed by atoms with Gasteiger partial charge in [-0.25, -0.2) is 4.98 Å². The first-order chi connectivity index (χ1) is 9.14. The summed E-state index contributed by atoms with van der Waals surface area (Å²) in [5, 5.41) is 15.1. The van der Waals surface area contributed by atoms with E-state index in [1.54, 1.807) is 6.92 Å². The molecular formula is C15H22N4O. The van der Waals surface area contributed by atoms with Gasteiger partial charge in [0.1, 0.15) is 17.9 Å². The third-order valence-electron chi connectivity index (χ3n) is 2.70. The fourth-order valence-corrected chi connectivity index (χ4v) is 1.83. The molecule has 108 valence electrons. The van der Waals surface area contributed by atoms with Crippen LogP contribution in [0.5, 0.6) is 0 Å². The maximum Gasteiger partial charge on any atom is 0.242 e. The first kappa shape index (κ1) is 16.0. The molecule has 0 saturated heterocycles. The highest BCUT2D eigenvalue weighted by Crippen LogP contribution is 2.18. The number of hydrogen-bond acceptors (Lipinski definition) is 4. The van der Waals surface area contributed by atoms with Crippen LogP contribution < -0.4 is 10.6 Å². The standard InChI is InChI=1S/C15H22N4O/c1-9-7-10(2)17-13(12(9)8-16)18-11(3)14(20)19-15(4,5)6/h7,11H,1-6H3,(H,17,18)(H,19,20). The van der Waals surface area contributed by atoms with Crippen molar-refractivity contribution in [2.45, 2.75) is 53.1 Å². The van der Waals surface area contributed by atoms with Gasteiger partial charge in [0.2, 0.25) is 5.91 Å². The first-order valence-electron chi connectivity index (χ1n) is 6.61. The maximum atomic E-state index is 12.0. The van der Waals surface area contributed by atoms with E-state index in [-0.39, 0.29) is 11.4 Å². The van der Waals surface area contributed by atoms with Crippen molar-refractivity contribution in [1.29, 1.82) is 5.26 Å². The number of aryl methyl sites for hydroxylation is 2. The van der Waals surface area contributed by atoms with E-state index < -0.39 is 6.04 Å². The summed E-state index contributed by atoms with van der Waals surface area (Å²) in [6.45, 7) is 11.2. The Hall–Kier alpha value is -2.09. The lowest BCUT2D eigenvalue weighted by molar-refractivity contribution is -0.122. The third-order valence-corrected chi connectivity index (χ3v) is 2.70. The lowest BCUT2D eigenvalue weighted by atomic mass is 10.1. The fraction of sp³-hybridized carbons (Fsp3) is 0.533. The molecule has 5 nitrogen and oxygen atoms in total. The molecule has 0 radical (unpaired) electrons. The molecule has 1 rings (SSSR count). The zero-order valence-electron chi connectivity index (χ0n) is 13.0. The van der Waals surface area contributed by atoms with Crippen LogP contribution >= 0.6 is 0 Å². The van der Waals surface area contributed by atoms with Crippen LogP contribution in [0, 0.1) is 25.2 Å². The second-order valence-electron chi connectivity index (χ2n) is 6.02. The maximum absolute atomic E-state index is 12.0. The highest BCUT2D eigenvalue weighted by atomic mass is 16.2. The summed E-state index contributed by atoms with van der Waals surface area (Å²) in [5.74, 6) is 0.337. The Balaban J connectivity index is 2.94. The summed E-state index contributed by atoms with van der Waals surface area (Å²) < 4.78 is 0. The van der Waals surface area contributed by atoms with Crippen LogP contribution in [0.4, 0.5) is 5.82 Å². The lowest BCUT2D eigenvalue weighted by Gasteiger charge is -2.24. The Bertz CT molecular complexity index is 552. The number of nitrogens with one attached hydrogen (secondary N) is 2. The highest BCUT2D eigenvalue weighted by Gasteiger charge is 2.20. The van der Waals surface area contributed by atoms with E-state index in [0.717, 1.165) is 11.3 Å². The molecule has 0 saturated carbocycles. The van der Waals surface area contributed by atoms with E-state index >= 15 is 0 Å². The number of hydrogen-bond donors (Lipinski definition) is 2. The van der Waals surface area contributed by atoms with Crippen molar-refractivity contribution in [3.63, 3.8) is 0 Å². The number of aromatic nitrogens is 1. The molecule has 1 atom stereocenters. The van der Waals surface area contributed by atoms with Crippen molar-refractivity contribution < 1.29 is 4.79 Å². The average molecular weight is 274 g/mol. The van der Waals surface area contributed by atoms with Crippen molar-refractivity contribution in [3.8, 4) is 6.07 Å². The van der Waals surface area contributed by atoms with Gasteiger partial charge in [0.05, 0.1) is 5.56 Å². The molecule has 0 aromatic carbocycles. The molecule has 0 aliphatic carbocycles. The lowest BCUT2D eigenvalue weighted by Crippen LogP contribution is -2.47. The third kappa shape index (κ3) is 4.23. The predicted octanol–water partition coefficient (Wildman–Crippen LogP) is 2.29. The molecule has 5 heteroatoms. The Labute approximate surface area is 120 Å². The van der Waals surface area contributed by atoms with Gasteiger partial charge >= 0.3 is 0 Å². The van der Waals surface area contributed by atoms with Gasteiger partial charge in [0.15, 0.2) is 0 Å². The Kier molecular flexibility index (Phi) is 4.72. The summed E-state index contributed by atoms with van der Waals surface area (Å²) in [4.78, 5) is 16.4. The van der Waals surface area contributed by atoms with Gasteiger partial charge in [0, 0.05) is 11.2 Å². The SMILES string of the molecule is Cc1cc(C)c(C#N)c(NC(C)C(=O)NC(C)(C)C)n1. The largest absolute Gasteiger partial charge is 0.358 e. The second-order valence-corrected chi connectivity index (χ2v) is 6.02. The van der Waals surface area contributed by atoms with E-state index in [9.17, 15) is 10.1 Å². The number of amides is 1. The monoisotopic (exact) mass is 274 g/mol. The molecule has 0 fully saturated rings. The van der Waals surface area contributed by atoms with Crippen molar-refractivity contribution in [2.75, 3.05) is 5.32 Å². The molecule has 1 aromatic heterocycles. The topological polar surface area (TPSA) is 77.8 Å². The zero-order valence-corrected chi connectivity index (χ0v) is 13.0. The van der Waals surface area contributed by atoms with Crippen molar-refractivity contribution >= 4 is 11.7 Å². The summed E-state index contributed by atoms with van der Waals surface area (Å²) in [6, 6.07) is 3.51. The highest BCUT2D eigenvalue weighted by molar-refractivity contribution is 5.84. The van der Waals surface area contributed by atoms with Gasteiger partial charge in [-0.2, -0.15) is 5.26 Å². The number of nitrogens with zero attached hydrogens (tertiary/aromatic N) is 2. The van der Waals surface area contributed by atoms with Crippen LogP contribution in [-0.2, 0) is 4.79 Å². The Morgan fingerprint density at radius 2 is 2.00 bits per heavy atom. The van der Waals surface area contributed by atoms with Crippen LogP contribution in [0.1, 0.15) is 44.5 Å². The average Bonchev–Trinajstić information content (AvgIpc) is 2.25. The summed E-state index contributed by atoms with van der Waals surface area (Å²) >= 11 is 0. The van der Waals surface area contributed by atoms with E-state index in [4.69, 9.17) is 0 Å². The van der Waals surface area contributed by atoms with Gasteiger partial charge in [-0.1, -0.05) is 0 Å². The summed E-state index contributed by atoms with van der Waals surface area (Å²) in [6.07, 6.45) is 0. The Morgan fingerprint density at radius 1 is 1.40 bits per heavy atom. The minimum atomic E-state index is -0.463. The minimum absolute atomic E-state index is 0.123. The number of nitriles is 1. The molecular weight excluding hydrogens is 252 g/mol. The van der Waals surface area contributed by atoms with Gasteiger partial charge in [-0.15, -0.1) is 0 Å². The number of carbonyl (C=O) groups is 1. The van der Waals surface area contributed by atoms with Crippen LogP contribution in [0.3, 0.4) is 0 Å². The molecule has 1 amide bonds. The van der Waals surface area contributed by atoms with Crippen molar-refractivity contribution in [1.82, 2.24) is 10.3 Å². The Morgan fingerprint density at radius 3 is 2.50 bits per heavy atom. The van der Waals surface area contributed by atoms with E-state index in [1.165, 1.54) is 0 Å². The summed E-state index contributed by atoms with van der Waals surface area (Å²) in [5.41, 5.74) is 1.85. The first-order valence-corrected chi connectivity index (χ1v) is 6.61. The molecule has 0 spiro atoms. The van der Waals surface area contributed by atoms with E-state index in [2.05, 4.69) is 21.7 Å². The van der Waals surface area contributed by atoms with Gasteiger partial charge in [-0.05, 0) is 53.2 Å². The summed E-state index contributed by atoms with van der Waals surface area (Å²) in [7, 11) is 0. The number of pyridine rings is 1.